The second-order valence-electron chi connectivity index (χ2n) is 5.50. The predicted octanol–water partition coefficient (Wildman–Crippen LogP) is 3.86. The van der Waals surface area contributed by atoms with E-state index >= 15 is 0 Å². The first-order valence-corrected chi connectivity index (χ1v) is 7.65. The van der Waals surface area contributed by atoms with Gasteiger partial charge in [0.05, 0.1) is 5.52 Å². The number of para-hydroxylation sites is 1. The number of nitrogens with one attached hydrogen (secondary N) is 1. The fourth-order valence-electron chi connectivity index (χ4n) is 2.75. The van der Waals surface area contributed by atoms with Crippen LogP contribution in [-0.2, 0) is 0 Å². The van der Waals surface area contributed by atoms with Crippen molar-refractivity contribution in [3.05, 3.63) is 53.7 Å². The van der Waals surface area contributed by atoms with E-state index in [4.69, 9.17) is 0 Å². The Labute approximate surface area is 125 Å². The first kappa shape index (κ1) is 13.8. The van der Waals surface area contributed by atoms with Crippen LogP contribution >= 0.6 is 0 Å². The Morgan fingerprint density at radius 1 is 1.14 bits per heavy atom. The minimum atomic E-state index is -0.0860. The lowest BCUT2D eigenvalue weighted by molar-refractivity contribution is 0.0949. The standard InChI is InChI=1S/C18H20N2O/c21-18(19-13-12-14-6-2-1-3-7-14)17-11-10-15-8-4-5-9-16(15)20-17/h4-6,8-11H,1-3,7,12-13H2,(H,19,21). The van der Waals surface area contributed by atoms with E-state index in [1.54, 1.807) is 6.07 Å². The number of fused-ring (bicyclic) bond motifs is 1. The van der Waals surface area contributed by atoms with E-state index in [0.717, 1.165) is 17.3 Å². The molecular formula is C18H20N2O. The SMILES string of the molecule is O=C(NCCC1=CCCCC1)c1ccc2ccccc2n1. The summed E-state index contributed by atoms with van der Waals surface area (Å²) in [7, 11) is 0. The van der Waals surface area contributed by atoms with Crippen LogP contribution in [0.15, 0.2) is 48.0 Å². The molecule has 0 spiro atoms. The van der Waals surface area contributed by atoms with Crippen LogP contribution in [0.25, 0.3) is 10.9 Å². The van der Waals surface area contributed by atoms with Crippen molar-refractivity contribution in [1.82, 2.24) is 10.3 Å². The van der Waals surface area contributed by atoms with E-state index in [0.29, 0.717) is 12.2 Å². The van der Waals surface area contributed by atoms with Crippen LogP contribution in [0.4, 0.5) is 0 Å². The zero-order valence-corrected chi connectivity index (χ0v) is 12.1. The van der Waals surface area contributed by atoms with Crippen molar-refractivity contribution in [2.75, 3.05) is 6.54 Å². The molecule has 1 aromatic heterocycles. The lowest BCUT2D eigenvalue weighted by Gasteiger charge is -2.12. The molecule has 0 unspecified atom stereocenters. The quantitative estimate of drug-likeness (QED) is 0.864. The maximum Gasteiger partial charge on any atom is 0.269 e. The fraction of sp³-hybridized carbons (Fsp3) is 0.333. The topological polar surface area (TPSA) is 42.0 Å². The highest BCUT2D eigenvalue weighted by Crippen LogP contribution is 2.19. The van der Waals surface area contributed by atoms with Crippen LogP contribution in [-0.4, -0.2) is 17.4 Å². The van der Waals surface area contributed by atoms with Crippen molar-refractivity contribution in [3.8, 4) is 0 Å². The minimum Gasteiger partial charge on any atom is -0.350 e. The molecule has 0 fully saturated rings. The molecule has 1 aliphatic rings. The zero-order chi connectivity index (χ0) is 14.5. The third-order valence-corrected chi connectivity index (χ3v) is 3.95. The summed E-state index contributed by atoms with van der Waals surface area (Å²) in [4.78, 5) is 16.6. The molecule has 108 valence electrons. The summed E-state index contributed by atoms with van der Waals surface area (Å²) < 4.78 is 0. The van der Waals surface area contributed by atoms with Crippen molar-refractivity contribution in [1.29, 1.82) is 0 Å². The number of carbonyl (C=O) groups excluding carboxylic acids is 1. The van der Waals surface area contributed by atoms with Crippen LogP contribution in [0, 0.1) is 0 Å². The maximum absolute atomic E-state index is 12.1. The highest BCUT2D eigenvalue weighted by molar-refractivity contribution is 5.94. The normalized spacial score (nSPS) is 14.8. The number of carbonyl (C=O) groups is 1. The molecule has 1 aliphatic carbocycles. The van der Waals surface area contributed by atoms with Gasteiger partial charge in [0.1, 0.15) is 5.69 Å². The summed E-state index contributed by atoms with van der Waals surface area (Å²) in [6.45, 7) is 0.694. The van der Waals surface area contributed by atoms with Crippen LogP contribution in [0.2, 0.25) is 0 Å². The summed E-state index contributed by atoms with van der Waals surface area (Å²) in [5, 5.41) is 4.03. The molecule has 0 saturated heterocycles. The highest BCUT2D eigenvalue weighted by atomic mass is 16.1. The molecule has 0 bridgehead atoms. The molecule has 0 radical (unpaired) electrons. The molecule has 0 saturated carbocycles. The summed E-state index contributed by atoms with van der Waals surface area (Å²) in [6, 6.07) is 11.6. The number of pyridine rings is 1. The monoisotopic (exact) mass is 280 g/mol. The Bertz CT molecular complexity index is 676. The van der Waals surface area contributed by atoms with Gasteiger partial charge in [-0.05, 0) is 44.2 Å². The van der Waals surface area contributed by atoms with E-state index < -0.39 is 0 Å². The van der Waals surface area contributed by atoms with E-state index in [9.17, 15) is 4.79 Å². The molecule has 3 heteroatoms. The molecular weight excluding hydrogens is 260 g/mol. The van der Waals surface area contributed by atoms with Crippen molar-refractivity contribution in [2.24, 2.45) is 0 Å². The van der Waals surface area contributed by atoms with Crippen molar-refractivity contribution in [2.45, 2.75) is 32.1 Å². The molecule has 3 rings (SSSR count). The third-order valence-electron chi connectivity index (χ3n) is 3.95. The summed E-state index contributed by atoms with van der Waals surface area (Å²) in [5.41, 5.74) is 2.83. The van der Waals surface area contributed by atoms with E-state index in [1.165, 1.54) is 31.3 Å². The average molecular weight is 280 g/mol. The lowest BCUT2D eigenvalue weighted by Crippen LogP contribution is -2.25. The van der Waals surface area contributed by atoms with Gasteiger partial charge in [-0.15, -0.1) is 0 Å². The number of nitrogens with zero attached hydrogens (tertiary/aromatic N) is 1. The van der Waals surface area contributed by atoms with Gasteiger partial charge in [-0.2, -0.15) is 0 Å². The van der Waals surface area contributed by atoms with E-state index in [2.05, 4.69) is 16.4 Å². The largest absolute Gasteiger partial charge is 0.350 e. The molecule has 21 heavy (non-hydrogen) atoms. The van der Waals surface area contributed by atoms with Gasteiger partial charge in [0, 0.05) is 11.9 Å². The molecule has 1 heterocycles. The maximum atomic E-state index is 12.1. The number of benzene rings is 1. The van der Waals surface area contributed by atoms with Crippen LogP contribution < -0.4 is 5.32 Å². The second-order valence-corrected chi connectivity index (χ2v) is 5.50. The van der Waals surface area contributed by atoms with E-state index in [1.807, 2.05) is 30.3 Å². The summed E-state index contributed by atoms with van der Waals surface area (Å²) in [5.74, 6) is -0.0860. The molecule has 0 aliphatic heterocycles. The van der Waals surface area contributed by atoms with Crippen molar-refractivity contribution in [3.63, 3.8) is 0 Å². The second kappa shape index (κ2) is 6.53. The molecule has 1 aromatic carbocycles. The number of allylic oxidation sites excluding steroid dienone is 1. The lowest BCUT2D eigenvalue weighted by atomic mass is 9.97. The molecule has 0 atom stereocenters. The Kier molecular flexibility index (Phi) is 4.29. The van der Waals surface area contributed by atoms with Gasteiger partial charge in [0.25, 0.3) is 5.91 Å². The Morgan fingerprint density at radius 3 is 2.90 bits per heavy atom. The Hall–Kier alpha value is -2.16. The van der Waals surface area contributed by atoms with Gasteiger partial charge in [0.15, 0.2) is 0 Å². The average Bonchev–Trinajstić information content (AvgIpc) is 2.55. The number of amides is 1. The van der Waals surface area contributed by atoms with Crippen LogP contribution in [0.3, 0.4) is 0 Å². The molecule has 1 amide bonds. The number of aromatic nitrogens is 1. The zero-order valence-electron chi connectivity index (χ0n) is 12.1. The van der Waals surface area contributed by atoms with Gasteiger partial charge in [-0.3, -0.25) is 4.79 Å². The smallest absolute Gasteiger partial charge is 0.269 e. The number of hydrogen-bond donors (Lipinski definition) is 1. The first-order chi connectivity index (χ1) is 10.3. The fourth-order valence-corrected chi connectivity index (χ4v) is 2.75. The van der Waals surface area contributed by atoms with Gasteiger partial charge < -0.3 is 5.32 Å². The highest BCUT2D eigenvalue weighted by Gasteiger charge is 2.08. The van der Waals surface area contributed by atoms with Crippen molar-refractivity contribution < 1.29 is 4.79 Å². The first-order valence-electron chi connectivity index (χ1n) is 7.65. The van der Waals surface area contributed by atoms with Gasteiger partial charge in [-0.25, -0.2) is 4.98 Å². The van der Waals surface area contributed by atoms with Crippen molar-refractivity contribution >= 4 is 16.8 Å². The summed E-state index contributed by atoms with van der Waals surface area (Å²) >= 11 is 0. The van der Waals surface area contributed by atoms with E-state index in [-0.39, 0.29) is 5.91 Å². The van der Waals surface area contributed by atoms with Gasteiger partial charge in [0.2, 0.25) is 0 Å². The number of hydrogen-bond acceptors (Lipinski definition) is 2. The Balaban J connectivity index is 1.60. The minimum absolute atomic E-state index is 0.0860. The summed E-state index contributed by atoms with van der Waals surface area (Å²) in [6.07, 6.45) is 8.24. The number of rotatable bonds is 4. The molecule has 1 N–H and O–H groups in total. The predicted molar refractivity (Wildman–Crippen MR) is 85.2 cm³/mol. The molecule has 2 aromatic rings. The van der Waals surface area contributed by atoms with Gasteiger partial charge in [-0.1, -0.05) is 35.9 Å². The third kappa shape index (κ3) is 3.48. The van der Waals surface area contributed by atoms with Crippen LogP contribution in [0.1, 0.15) is 42.6 Å². The molecule has 3 nitrogen and oxygen atoms in total. The Morgan fingerprint density at radius 2 is 2.05 bits per heavy atom. The van der Waals surface area contributed by atoms with Gasteiger partial charge >= 0.3 is 0 Å². The van der Waals surface area contributed by atoms with Crippen LogP contribution in [0.5, 0.6) is 0 Å².